The molecule has 2 N–H and O–H groups in total. The van der Waals surface area contributed by atoms with Crippen LogP contribution >= 0.6 is 8.58 Å². The van der Waals surface area contributed by atoms with Crippen molar-refractivity contribution >= 4 is 21.1 Å². The first-order valence-electron chi connectivity index (χ1n) is 10.3. The summed E-state index contributed by atoms with van der Waals surface area (Å²) in [6, 6.07) is 4.27. The van der Waals surface area contributed by atoms with E-state index in [-0.39, 0.29) is 0 Å². The van der Waals surface area contributed by atoms with Crippen molar-refractivity contribution in [2.45, 2.75) is 51.7 Å². The van der Waals surface area contributed by atoms with E-state index in [2.05, 4.69) is 39.3 Å². The molecule has 0 radical (unpaired) electrons. The van der Waals surface area contributed by atoms with Gasteiger partial charge in [-0.3, -0.25) is 9.88 Å². The summed E-state index contributed by atoms with van der Waals surface area (Å²) in [4.78, 5) is 17.4. The number of carbonyl (C=O) groups excluding carboxylic acids is 1. The van der Waals surface area contributed by atoms with Gasteiger partial charge in [-0.15, -0.1) is 8.58 Å². The lowest BCUT2D eigenvalue weighted by Crippen LogP contribution is -2.51. The van der Waals surface area contributed by atoms with E-state index >= 15 is 0 Å². The fourth-order valence-electron chi connectivity index (χ4n) is 3.98. The summed E-state index contributed by atoms with van der Waals surface area (Å²) in [6.07, 6.45) is 11.1. The van der Waals surface area contributed by atoms with Gasteiger partial charge in [-0.25, -0.2) is 0 Å². The predicted octanol–water partition coefficient (Wildman–Crippen LogP) is 3.83. The van der Waals surface area contributed by atoms with Crippen LogP contribution in [-0.4, -0.2) is 62.3 Å². The fraction of sp³-hybridized carbons (Fsp3) is 0.714. The normalized spacial score (nSPS) is 19.1. The van der Waals surface area contributed by atoms with E-state index in [9.17, 15) is 0 Å². The Morgan fingerprint density at radius 1 is 1.04 bits per heavy atom. The van der Waals surface area contributed by atoms with Crippen molar-refractivity contribution in [2.75, 3.05) is 44.8 Å². The maximum Gasteiger partial charge on any atom is 0.106 e. The van der Waals surface area contributed by atoms with E-state index in [1.807, 2.05) is 33.0 Å². The molecule has 2 fully saturated rings. The van der Waals surface area contributed by atoms with Gasteiger partial charge in [0.2, 0.25) is 0 Å². The predicted molar refractivity (Wildman–Crippen MR) is 121 cm³/mol. The molecule has 2 atom stereocenters. The molecule has 1 saturated heterocycles. The van der Waals surface area contributed by atoms with Crippen molar-refractivity contribution in [3.05, 3.63) is 24.5 Å². The highest BCUT2D eigenvalue weighted by atomic mass is 31.1. The van der Waals surface area contributed by atoms with Gasteiger partial charge in [0.15, 0.2) is 0 Å². The lowest BCUT2D eigenvalue weighted by Gasteiger charge is -2.43. The van der Waals surface area contributed by atoms with Crippen LogP contribution < -0.4 is 10.6 Å². The lowest BCUT2D eigenvalue weighted by atomic mass is 9.88. The number of hydrogen-bond donors (Lipinski definition) is 1. The SMILES string of the molecule is C=O.CC.CN.CPC(C1CCCCC1)N1CCN(c2ccncc2)CC1. The molecule has 1 aliphatic carbocycles. The Kier molecular flexibility index (Phi) is 16.4. The molecule has 1 aromatic heterocycles. The third-order valence-electron chi connectivity index (χ3n) is 5.13. The van der Waals surface area contributed by atoms with Crippen molar-refractivity contribution in [3.63, 3.8) is 0 Å². The van der Waals surface area contributed by atoms with Gasteiger partial charge in [0.05, 0.1) is 0 Å². The maximum atomic E-state index is 8.00. The number of pyridine rings is 1. The van der Waals surface area contributed by atoms with Gasteiger partial charge in [-0.05, 0) is 44.6 Å². The Morgan fingerprint density at radius 3 is 2.04 bits per heavy atom. The van der Waals surface area contributed by atoms with Crippen LogP contribution in [0.15, 0.2) is 24.5 Å². The molecule has 5 nitrogen and oxygen atoms in total. The molecule has 2 heterocycles. The Labute approximate surface area is 168 Å². The zero-order valence-electron chi connectivity index (χ0n) is 17.9. The van der Waals surface area contributed by atoms with Crippen molar-refractivity contribution < 1.29 is 4.79 Å². The summed E-state index contributed by atoms with van der Waals surface area (Å²) in [5.41, 5.74) is 5.83. The third kappa shape index (κ3) is 8.68. The van der Waals surface area contributed by atoms with Crippen LogP contribution in [0.5, 0.6) is 0 Å². The van der Waals surface area contributed by atoms with Gasteiger partial charge in [-0.1, -0.05) is 33.1 Å². The van der Waals surface area contributed by atoms with Gasteiger partial charge >= 0.3 is 0 Å². The molecule has 2 aliphatic rings. The first kappa shape index (κ1) is 26.0. The molecule has 6 heteroatoms. The lowest BCUT2D eigenvalue weighted by molar-refractivity contribution is -0.0979. The maximum absolute atomic E-state index is 8.00. The Balaban J connectivity index is 0.00000103. The standard InChI is InChI=1S/C17H28N3P.C2H6.CH5N.CH2O/c1-21-17(15-5-3-2-4-6-15)20-13-11-19(12-14-20)16-7-9-18-10-8-16;3*1-2/h7-10,15,17,21H,2-6,11-14H2,1H3;1-2H3;2H2,1H3;1H2. The van der Waals surface area contributed by atoms with Crippen LogP contribution in [-0.2, 0) is 4.79 Å². The smallest absolute Gasteiger partial charge is 0.106 e. The summed E-state index contributed by atoms with van der Waals surface area (Å²) in [5.74, 6) is 1.82. The molecule has 0 amide bonds. The molecule has 0 spiro atoms. The molecule has 1 aliphatic heterocycles. The summed E-state index contributed by atoms with van der Waals surface area (Å²) in [7, 11) is 2.57. The number of nitrogens with zero attached hydrogens (tertiary/aromatic N) is 3. The molecule has 156 valence electrons. The molecule has 0 aromatic carbocycles. The van der Waals surface area contributed by atoms with Crippen molar-refractivity contribution in [1.29, 1.82) is 0 Å². The van der Waals surface area contributed by atoms with Crippen molar-refractivity contribution in [1.82, 2.24) is 9.88 Å². The molecule has 2 unspecified atom stereocenters. The van der Waals surface area contributed by atoms with E-state index in [0.29, 0.717) is 0 Å². The summed E-state index contributed by atoms with van der Waals surface area (Å²) in [5, 5.41) is 0. The molecule has 3 rings (SSSR count). The first-order chi connectivity index (χ1) is 13.4. The highest BCUT2D eigenvalue weighted by Gasteiger charge is 2.29. The molecular formula is C21H41N4OP. The van der Waals surface area contributed by atoms with Crippen molar-refractivity contribution in [3.8, 4) is 0 Å². The molecule has 1 saturated carbocycles. The van der Waals surface area contributed by atoms with Gasteiger partial charge in [-0.2, -0.15) is 0 Å². The molecular weight excluding hydrogens is 355 g/mol. The van der Waals surface area contributed by atoms with Crippen LogP contribution in [0.25, 0.3) is 0 Å². The summed E-state index contributed by atoms with van der Waals surface area (Å²) >= 11 is 0. The fourth-order valence-corrected chi connectivity index (χ4v) is 5.41. The number of nitrogens with two attached hydrogens (primary N) is 1. The number of carbonyl (C=O) groups is 1. The quantitative estimate of drug-likeness (QED) is 0.784. The summed E-state index contributed by atoms with van der Waals surface area (Å²) < 4.78 is 0. The Bertz CT molecular complexity index is 435. The Morgan fingerprint density at radius 2 is 1.56 bits per heavy atom. The van der Waals surface area contributed by atoms with Gasteiger partial charge in [0.1, 0.15) is 6.79 Å². The highest BCUT2D eigenvalue weighted by molar-refractivity contribution is 7.37. The van der Waals surface area contributed by atoms with Crippen LogP contribution in [0.3, 0.4) is 0 Å². The zero-order valence-corrected chi connectivity index (χ0v) is 18.9. The monoisotopic (exact) mass is 396 g/mol. The number of hydrogen-bond acceptors (Lipinski definition) is 5. The van der Waals surface area contributed by atoms with E-state index in [0.717, 1.165) is 33.4 Å². The number of rotatable bonds is 4. The van der Waals surface area contributed by atoms with E-state index in [1.54, 1.807) is 0 Å². The minimum absolute atomic E-state index is 0.852. The topological polar surface area (TPSA) is 62.5 Å². The zero-order chi connectivity index (χ0) is 20.5. The molecule has 27 heavy (non-hydrogen) atoms. The largest absolute Gasteiger partial charge is 0.369 e. The molecule has 1 aromatic rings. The minimum Gasteiger partial charge on any atom is -0.369 e. The Hall–Kier alpha value is -1.03. The summed E-state index contributed by atoms with van der Waals surface area (Å²) in [6.45, 7) is 13.2. The van der Waals surface area contributed by atoms with Gasteiger partial charge < -0.3 is 15.4 Å². The van der Waals surface area contributed by atoms with Gasteiger partial charge in [0.25, 0.3) is 0 Å². The average molecular weight is 397 g/mol. The van der Waals surface area contributed by atoms with Crippen LogP contribution in [0.1, 0.15) is 46.0 Å². The number of aromatic nitrogens is 1. The second kappa shape index (κ2) is 17.1. The van der Waals surface area contributed by atoms with E-state index < -0.39 is 0 Å². The second-order valence-corrected chi connectivity index (χ2v) is 7.53. The minimum atomic E-state index is 0.852. The number of piperazine rings is 1. The third-order valence-corrected chi connectivity index (χ3v) is 6.56. The second-order valence-electron chi connectivity index (χ2n) is 6.36. The van der Waals surface area contributed by atoms with Crippen molar-refractivity contribution in [2.24, 2.45) is 11.7 Å². The molecule has 0 bridgehead atoms. The van der Waals surface area contributed by atoms with E-state index in [4.69, 9.17) is 4.79 Å². The average Bonchev–Trinajstić information content (AvgIpc) is 2.80. The van der Waals surface area contributed by atoms with Crippen LogP contribution in [0, 0.1) is 5.92 Å². The van der Waals surface area contributed by atoms with Gasteiger partial charge in [0, 0.05) is 50.0 Å². The first-order valence-corrected chi connectivity index (χ1v) is 11.9. The van der Waals surface area contributed by atoms with Crippen LogP contribution in [0.4, 0.5) is 5.69 Å². The number of anilines is 1. The van der Waals surface area contributed by atoms with E-state index in [1.165, 1.54) is 57.9 Å². The van der Waals surface area contributed by atoms with Crippen LogP contribution in [0.2, 0.25) is 0 Å². The highest BCUT2D eigenvalue weighted by Crippen LogP contribution is 2.36.